The normalized spacial score (nSPS) is 30.6. The maximum absolute atomic E-state index is 3.85. The molecular weight excluding hydrogens is 170 g/mol. The van der Waals surface area contributed by atoms with Crippen molar-refractivity contribution in [3.8, 4) is 0 Å². The van der Waals surface area contributed by atoms with Crippen LogP contribution < -0.4 is 5.32 Å². The van der Waals surface area contributed by atoms with E-state index in [9.17, 15) is 0 Å². The van der Waals surface area contributed by atoms with Crippen LogP contribution in [0.5, 0.6) is 0 Å². The topological polar surface area (TPSA) is 12.0 Å². The minimum absolute atomic E-state index is 0.723. The van der Waals surface area contributed by atoms with E-state index in [4.69, 9.17) is 0 Å². The number of rotatable bonds is 4. The van der Waals surface area contributed by atoms with Crippen molar-refractivity contribution in [1.29, 1.82) is 0 Å². The van der Waals surface area contributed by atoms with Crippen LogP contribution in [-0.4, -0.2) is 12.1 Å². The van der Waals surface area contributed by atoms with E-state index in [0.29, 0.717) is 0 Å². The smallest absolute Gasteiger partial charge is 0.00953 e. The van der Waals surface area contributed by atoms with Gasteiger partial charge in [-0.1, -0.05) is 40.5 Å². The van der Waals surface area contributed by atoms with Crippen molar-refractivity contribution in [2.45, 2.75) is 71.9 Å². The molecule has 0 aromatic rings. The molecule has 0 amide bonds. The highest BCUT2D eigenvalue weighted by atomic mass is 15.0. The molecule has 1 heteroatoms. The number of nitrogens with one attached hydrogen (secondary N) is 1. The Morgan fingerprint density at radius 1 is 1.21 bits per heavy atom. The highest BCUT2D eigenvalue weighted by Gasteiger charge is 2.24. The molecule has 1 nitrogen and oxygen atoms in total. The summed E-state index contributed by atoms with van der Waals surface area (Å²) in [6, 6.07) is 1.51. The van der Waals surface area contributed by atoms with Gasteiger partial charge in [-0.15, -0.1) is 0 Å². The minimum Gasteiger partial charge on any atom is -0.311 e. The summed E-state index contributed by atoms with van der Waals surface area (Å²) >= 11 is 0. The van der Waals surface area contributed by atoms with Crippen LogP contribution in [0.25, 0.3) is 0 Å². The third kappa shape index (κ3) is 3.27. The van der Waals surface area contributed by atoms with Crippen LogP contribution >= 0.6 is 0 Å². The van der Waals surface area contributed by atoms with Crippen molar-refractivity contribution in [2.75, 3.05) is 0 Å². The number of hydrogen-bond acceptors (Lipinski definition) is 1. The molecule has 1 N–H and O–H groups in total. The summed E-state index contributed by atoms with van der Waals surface area (Å²) in [5, 5.41) is 3.85. The van der Waals surface area contributed by atoms with Crippen LogP contribution in [0.1, 0.15) is 59.8 Å². The zero-order valence-corrected chi connectivity index (χ0v) is 10.3. The van der Waals surface area contributed by atoms with E-state index in [1.54, 1.807) is 0 Å². The van der Waals surface area contributed by atoms with E-state index >= 15 is 0 Å². The van der Waals surface area contributed by atoms with Gasteiger partial charge in [0.15, 0.2) is 0 Å². The Kier molecular flexibility index (Phi) is 4.94. The summed E-state index contributed by atoms with van der Waals surface area (Å²) in [6.45, 7) is 9.36. The quantitative estimate of drug-likeness (QED) is 0.726. The molecule has 3 unspecified atom stereocenters. The average Bonchev–Trinajstić information content (AvgIpc) is 2.16. The molecule has 0 aromatic carbocycles. The Balaban J connectivity index is 2.39. The molecule has 0 radical (unpaired) electrons. The molecule has 0 heterocycles. The van der Waals surface area contributed by atoms with Crippen molar-refractivity contribution in [3.05, 3.63) is 0 Å². The van der Waals surface area contributed by atoms with Gasteiger partial charge in [-0.25, -0.2) is 0 Å². The fourth-order valence-corrected chi connectivity index (χ4v) is 2.62. The van der Waals surface area contributed by atoms with E-state index in [0.717, 1.165) is 23.9 Å². The largest absolute Gasteiger partial charge is 0.311 e. The molecule has 1 saturated carbocycles. The van der Waals surface area contributed by atoms with Crippen LogP contribution in [0.4, 0.5) is 0 Å². The van der Waals surface area contributed by atoms with Gasteiger partial charge in [0, 0.05) is 12.1 Å². The summed E-state index contributed by atoms with van der Waals surface area (Å²) < 4.78 is 0. The molecule has 1 rings (SSSR count). The first-order valence-corrected chi connectivity index (χ1v) is 6.41. The predicted molar refractivity (Wildman–Crippen MR) is 63.5 cm³/mol. The second-order valence-corrected chi connectivity index (χ2v) is 5.29. The van der Waals surface area contributed by atoms with Gasteiger partial charge in [-0.2, -0.15) is 0 Å². The second kappa shape index (κ2) is 5.75. The van der Waals surface area contributed by atoms with Crippen molar-refractivity contribution in [1.82, 2.24) is 5.32 Å². The van der Waals surface area contributed by atoms with E-state index in [1.807, 2.05) is 0 Å². The standard InChI is InChI=1S/C13H27N/c1-5-12(10(2)3)14-13-9-7-6-8-11(13)4/h10-14H,5-9H2,1-4H3. The Hall–Kier alpha value is -0.0400. The Bertz CT molecular complexity index is 153. The lowest BCUT2D eigenvalue weighted by molar-refractivity contribution is 0.233. The maximum Gasteiger partial charge on any atom is 0.00953 e. The lowest BCUT2D eigenvalue weighted by atomic mass is 9.84. The first-order valence-electron chi connectivity index (χ1n) is 6.41. The van der Waals surface area contributed by atoms with E-state index < -0.39 is 0 Å². The first-order chi connectivity index (χ1) is 6.65. The second-order valence-electron chi connectivity index (χ2n) is 5.29. The SMILES string of the molecule is CCC(NC1CCCCC1C)C(C)C. The monoisotopic (exact) mass is 197 g/mol. The summed E-state index contributed by atoms with van der Waals surface area (Å²) in [7, 11) is 0. The van der Waals surface area contributed by atoms with Gasteiger partial charge in [0.1, 0.15) is 0 Å². The van der Waals surface area contributed by atoms with Gasteiger partial charge in [-0.05, 0) is 31.1 Å². The van der Waals surface area contributed by atoms with E-state index in [1.165, 1.54) is 32.1 Å². The lowest BCUT2D eigenvalue weighted by Crippen LogP contribution is -2.45. The summed E-state index contributed by atoms with van der Waals surface area (Å²) in [4.78, 5) is 0. The van der Waals surface area contributed by atoms with Crippen molar-refractivity contribution in [2.24, 2.45) is 11.8 Å². The van der Waals surface area contributed by atoms with Crippen LogP contribution in [0.3, 0.4) is 0 Å². The Labute approximate surface area is 89.7 Å². The highest BCUT2D eigenvalue weighted by Crippen LogP contribution is 2.25. The highest BCUT2D eigenvalue weighted by molar-refractivity contribution is 4.82. The third-order valence-electron chi connectivity index (χ3n) is 3.78. The van der Waals surface area contributed by atoms with Crippen LogP contribution in [0.15, 0.2) is 0 Å². The van der Waals surface area contributed by atoms with Crippen molar-refractivity contribution in [3.63, 3.8) is 0 Å². The first kappa shape index (κ1) is 12.0. The molecule has 3 atom stereocenters. The maximum atomic E-state index is 3.85. The molecule has 0 saturated heterocycles. The molecule has 0 aromatic heterocycles. The summed E-state index contributed by atoms with van der Waals surface area (Å²) in [6.07, 6.45) is 6.95. The molecule has 14 heavy (non-hydrogen) atoms. The number of hydrogen-bond donors (Lipinski definition) is 1. The van der Waals surface area contributed by atoms with E-state index in [2.05, 4.69) is 33.0 Å². The van der Waals surface area contributed by atoms with E-state index in [-0.39, 0.29) is 0 Å². The van der Waals surface area contributed by atoms with Crippen molar-refractivity contribution < 1.29 is 0 Å². The molecule has 0 bridgehead atoms. The van der Waals surface area contributed by atoms with Crippen LogP contribution in [-0.2, 0) is 0 Å². The fourth-order valence-electron chi connectivity index (χ4n) is 2.62. The Morgan fingerprint density at radius 3 is 2.36 bits per heavy atom. The van der Waals surface area contributed by atoms with Gasteiger partial charge in [0.25, 0.3) is 0 Å². The van der Waals surface area contributed by atoms with Crippen LogP contribution in [0, 0.1) is 11.8 Å². The molecular formula is C13H27N. The van der Waals surface area contributed by atoms with Gasteiger partial charge >= 0.3 is 0 Å². The molecule has 0 aliphatic heterocycles. The minimum atomic E-state index is 0.723. The molecule has 0 spiro atoms. The van der Waals surface area contributed by atoms with Crippen LogP contribution in [0.2, 0.25) is 0 Å². The van der Waals surface area contributed by atoms with Crippen molar-refractivity contribution >= 4 is 0 Å². The van der Waals surface area contributed by atoms with Gasteiger partial charge < -0.3 is 5.32 Å². The molecule has 1 aliphatic carbocycles. The predicted octanol–water partition coefficient (Wildman–Crippen LogP) is 3.59. The average molecular weight is 197 g/mol. The summed E-state index contributed by atoms with van der Waals surface area (Å²) in [5.41, 5.74) is 0. The third-order valence-corrected chi connectivity index (χ3v) is 3.78. The van der Waals surface area contributed by atoms with Gasteiger partial charge in [0.05, 0.1) is 0 Å². The Morgan fingerprint density at radius 2 is 1.86 bits per heavy atom. The molecule has 1 aliphatic rings. The zero-order valence-electron chi connectivity index (χ0n) is 10.3. The van der Waals surface area contributed by atoms with Gasteiger partial charge in [0.2, 0.25) is 0 Å². The van der Waals surface area contributed by atoms with Gasteiger partial charge in [-0.3, -0.25) is 0 Å². The molecule has 1 fully saturated rings. The zero-order chi connectivity index (χ0) is 10.6. The summed E-state index contributed by atoms with van der Waals surface area (Å²) in [5.74, 6) is 1.66. The molecule has 84 valence electrons. The fraction of sp³-hybridized carbons (Fsp3) is 1.00. The lowest BCUT2D eigenvalue weighted by Gasteiger charge is -2.34.